The number of nitrogens with zero attached hydrogens (tertiary/aromatic N) is 3. The molecule has 0 bridgehead atoms. The molecule has 2 saturated carbocycles. The molecule has 1 amide bonds. The first-order valence-corrected chi connectivity index (χ1v) is 12.4. The van der Waals surface area contributed by atoms with Crippen molar-refractivity contribution < 1.29 is 17.9 Å². The van der Waals surface area contributed by atoms with Crippen LogP contribution in [-0.4, -0.2) is 48.1 Å². The minimum absolute atomic E-state index is 0.0361. The Morgan fingerprint density at radius 3 is 2.64 bits per heavy atom. The van der Waals surface area contributed by atoms with Gasteiger partial charge < -0.3 is 10.1 Å². The molecule has 3 atom stereocenters. The minimum atomic E-state index is -3.89. The van der Waals surface area contributed by atoms with Crippen LogP contribution in [0, 0.1) is 24.2 Å². The number of hydrogen-bond acceptors (Lipinski definition) is 7. The Bertz CT molecular complexity index is 1310. The van der Waals surface area contributed by atoms with Crippen molar-refractivity contribution in [3.05, 3.63) is 51.4 Å². The van der Waals surface area contributed by atoms with Gasteiger partial charge in [0.25, 0.3) is 5.56 Å². The average molecular weight is 491 g/mol. The molecule has 2 fully saturated rings. The first kappa shape index (κ1) is 23.4. The summed E-state index contributed by atoms with van der Waals surface area (Å²) in [5, 5.41) is 15.2. The molecule has 1 unspecified atom stereocenters. The monoisotopic (exact) mass is 490 g/mol. The number of aromatic nitrogens is 2. The Kier molecular flexibility index (Phi) is 6.07. The molecule has 0 spiro atoms. The van der Waals surface area contributed by atoms with E-state index in [1.807, 2.05) is 0 Å². The molecule has 1 aromatic carbocycles. The van der Waals surface area contributed by atoms with Crippen molar-refractivity contribution >= 4 is 27.3 Å². The van der Waals surface area contributed by atoms with E-state index in [4.69, 9.17) is 16.3 Å². The smallest absolute Gasteiger partial charge is 0.271 e. The van der Waals surface area contributed by atoms with Gasteiger partial charge in [-0.1, -0.05) is 11.6 Å². The Labute approximate surface area is 196 Å². The van der Waals surface area contributed by atoms with Gasteiger partial charge in [0.2, 0.25) is 5.91 Å². The zero-order valence-corrected chi connectivity index (χ0v) is 19.7. The SMILES string of the molecule is CO[C@@H]1C[C@H](S(=O)(=O)c2ccc(-n3nc(C)ccc3=O)cc2Cl)CC1C(=O)NC1(C#N)CC1. The summed E-state index contributed by atoms with van der Waals surface area (Å²) in [5.41, 5.74) is -0.247. The molecule has 1 aromatic heterocycles. The molecule has 0 saturated heterocycles. The van der Waals surface area contributed by atoms with Crippen LogP contribution in [0.5, 0.6) is 0 Å². The van der Waals surface area contributed by atoms with Crippen molar-refractivity contribution in [3.63, 3.8) is 0 Å². The summed E-state index contributed by atoms with van der Waals surface area (Å²) < 4.78 is 33.4. The number of aryl methyl sites for hydroxylation is 1. The standard InChI is InChI=1S/C22H23ClN4O5S/c1-13-3-6-20(28)27(26-13)14-4-5-19(17(23)9-14)33(30,31)15-10-16(18(11-15)32-2)21(29)25-22(12-24)7-8-22/h3-6,9,15-16,18H,7-8,10-11H2,1-2H3,(H,25,29)/t15-,16?,18-/m1/s1. The van der Waals surface area contributed by atoms with E-state index in [-0.39, 0.29) is 34.2 Å². The van der Waals surface area contributed by atoms with E-state index in [0.717, 1.165) is 4.68 Å². The maximum absolute atomic E-state index is 13.4. The highest BCUT2D eigenvalue weighted by Gasteiger charge is 2.50. The zero-order valence-electron chi connectivity index (χ0n) is 18.1. The van der Waals surface area contributed by atoms with Gasteiger partial charge in [0.05, 0.1) is 44.6 Å². The number of nitrogens with one attached hydrogen (secondary N) is 1. The Hall–Kier alpha value is -2.74. The van der Waals surface area contributed by atoms with Gasteiger partial charge in [0.15, 0.2) is 9.84 Å². The number of ether oxygens (including phenoxy) is 1. The molecular formula is C22H23ClN4O5S. The summed E-state index contributed by atoms with van der Waals surface area (Å²) in [5.74, 6) is -1.06. The summed E-state index contributed by atoms with van der Waals surface area (Å²) in [6.45, 7) is 1.73. The van der Waals surface area contributed by atoms with Crippen LogP contribution in [0.3, 0.4) is 0 Å². The van der Waals surface area contributed by atoms with Crippen molar-refractivity contribution in [1.82, 2.24) is 15.1 Å². The summed E-state index contributed by atoms with van der Waals surface area (Å²) in [7, 11) is -2.46. The first-order chi connectivity index (χ1) is 15.6. The van der Waals surface area contributed by atoms with E-state index >= 15 is 0 Å². The topological polar surface area (TPSA) is 131 Å². The van der Waals surface area contributed by atoms with Crippen molar-refractivity contribution in [2.45, 2.75) is 54.4 Å². The number of hydrogen-bond donors (Lipinski definition) is 1. The summed E-state index contributed by atoms with van der Waals surface area (Å²) in [6.07, 6.45) is 0.774. The van der Waals surface area contributed by atoms with Crippen LogP contribution >= 0.6 is 11.6 Å². The quantitative estimate of drug-likeness (QED) is 0.654. The first-order valence-electron chi connectivity index (χ1n) is 10.5. The fourth-order valence-corrected chi connectivity index (χ4v) is 6.53. The van der Waals surface area contributed by atoms with Crippen molar-refractivity contribution in [2.75, 3.05) is 7.11 Å². The highest BCUT2D eigenvalue weighted by molar-refractivity contribution is 7.92. The fourth-order valence-electron chi connectivity index (χ4n) is 4.18. The zero-order chi connectivity index (χ0) is 24.0. The molecular weight excluding hydrogens is 468 g/mol. The fraction of sp³-hybridized carbons (Fsp3) is 0.455. The molecule has 1 N–H and O–H groups in total. The van der Waals surface area contributed by atoms with Gasteiger partial charge in [-0.2, -0.15) is 15.0 Å². The molecule has 0 radical (unpaired) electrons. The molecule has 1 heterocycles. The molecule has 9 nitrogen and oxygen atoms in total. The number of rotatable bonds is 6. The second kappa shape index (κ2) is 8.56. The predicted octanol–water partition coefficient (Wildman–Crippen LogP) is 1.93. The summed E-state index contributed by atoms with van der Waals surface area (Å²) >= 11 is 6.35. The van der Waals surface area contributed by atoms with Crippen molar-refractivity contribution in [1.29, 1.82) is 5.26 Å². The van der Waals surface area contributed by atoms with E-state index in [1.165, 1.54) is 31.4 Å². The van der Waals surface area contributed by atoms with Crippen LogP contribution in [0.2, 0.25) is 5.02 Å². The third-order valence-corrected chi connectivity index (χ3v) is 8.92. The lowest BCUT2D eigenvalue weighted by molar-refractivity contribution is -0.128. The van der Waals surface area contributed by atoms with Crippen LogP contribution in [0.1, 0.15) is 31.4 Å². The number of benzene rings is 1. The summed E-state index contributed by atoms with van der Waals surface area (Å²) in [6, 6.07) is 9.27. The number of carbonyl (C=O) groups excluding carboxylic acids is 1. The van der Waals surface area contributed by atoms with Crippen LogP contribution in [-0.2, 0) is 19.4 Å². The molecule has 2 aliphatic rings. The highest BCUT2D eigenvalue weighted by Crippen LogP contribution is 2.40. The van der Waals surface area contributed by atoms with E-state index in [2.05, 4.69) is 16.5 Å². The Morgan fingerprint density at radius 1 is 1.30 bits per heavy atom. The number of sulfone groups is 1. The average Bonchev–Trinajstić information content (AvgIpc) is 3.40. The lowest BCUT2D eigenvalue weighted by Crippen LogP contribution is -2.42. The molecule has 11 heteroatoms. The molecule has 2 aromatic rings. The number of amides is 1. The number of halogens is 1. The van der Waals surface area contributed by atoms with Crippen molar-refractivity contribution in [2.24, 2.45) is 5.92 Å². The van der Waals surface area contributed by atoms with Crippen LogP contribution in [0.15, 0.2) is 40.0 Å². The molecule has 174 valence electrons. The number of nitriles is 1. The lowest BCUT2D eigenvalue weighted by atomic mass is 10.0. The highest BCUT2D eigenvalue weighted by atomic mass is 35.5. The maximum atomic E-state index is 13.4. The Balaban J connectivity index is 1.59. The summed E-state index contributed by atoms with van der Waals surface area (Å²) in [4.78, 5) is 24.8. The van der Waals surface area contributed by atoms with Gasteiger partial charge in [0, 0.05) is 13.2 Å². The second-order valence-electron chi connectivity index (χ2n) is 8.54. The number of carbonyl (C=O) groups is 1. The largest absolute Gasteiger partial charge is 0.381 e. The second-order valence-corrected chi connectivity index (χ2v) is 11.1. The van der Waals surface area contributed by atoms with Gasteiger partial charge in [-0.25, -0.2) is 8.42 Å². The van der Waals surface area contributed by atoms with Gasteiger partial charge in [-0.05, 0) is 56.9 Å². The van der Waals surface area contributed by atoms with Gasteiger partial charge in [-0.3, -0.25) is 9.59 Å². The lowest BCUT2D eigenvalue weighted by Gasteiger charge is -2.19. The minimum Gasteiger partial charge on any atom is -0.381 e. The van der Waals surface area contributed by atoms with E-state index in [9.17, 15) is 23.3 Å². The Morgan fingerprint density at radius 2 is 2.03 bits per heavy atom. The number of methoxy groups -OCH3 is 1. The normalized spacial score (nSPS) is 23.6. The van der Waals surface area contributed by atoms with E-state index < -0.39 is 32.6 Å². The van der Waals surface area contributed by atoms with Crippen LogP contribution < -0.4 is 10.9 Å². The van der Waals surface area contributed by atoms with Gasteiger partial charge in [0.1, 0.15) is 5.54 Å². The van der Waals surface area contributed by atoms with Crippen LogP contribution in [0.4, 0.5) is 0 Å². The molecule has 0 aliphatic heterocycles. The maximum Gasteiger partial charge on any atom is 0.271 e. The van der Waals surface area contributed by atoms with E-state index in [0.29, 0.717) is 24.2 Å². The van der Waals surface area contributed by atoms with Crippen LogP contribution in [0.25, 0.3) is 5.69 Å². The molecule has 33 heavy (non-hydrogen) atoms. The predicted molar refractivity (Wildman–Crippen MR) is 120 cm³/mol. The van der Waals surface area contributed by atoms with Crippen molar-refractivity contribution in [3.8, 4) is 11.8 Å². The van der Waals surface area contributed by atoms with Gasteiger partial charge >= 0.3 is 0 Å². The molecule has 4 rings (SSSR count). The van der Waals surface area contributed by atoms with E-state index in [1.54, 1.807) is 13.0 Å². The molecule has 2 aliphatic carbocycles. The third kappa shape index (κ3) is 4.40. The van der Waals surface area contributed by atoms with Gasteiger partial charge in [-0.15, -0.1) is 0 Å². The third-order valence-electron chi connectivity index (χ3n) is 6.27.